The van der Waals surface area contributed by atoms with Gasteiger partial charge in [0, 0.05) is 10.6 Å². The van der Waals surface area contributed by atoms with Crippen LogP contribution in [0, 0.1) is 0 Å². The van der Waals surface area contributed by atoms with E-state index in [4.69, 9.17) is 16.3 Å². The molecule has 5 nitrogen and oxygen atoms in total. The molecular formula is C15H14ClNO4S. The number of sulfonamides is 1. The van der Waals surface area contributed by atoms with Crippen LogP contribution in [-0.2, 0) is 14.8 Å². The Kier molecular flexibility index (Phi) is 5.05. The Bertz CT molecular complexity index is 745. The van der Waals surface area contributed by atoms with Crippen molar-refractivity contribution in [2.75, 3.05) is 6.26 Å². The van der Waals surface area contributed by atoms with Gasteiger partial charge in [-0.25, -0.2) is 13.1 Å². The van der Waals surface area contributed by atoms with Crippen molar-refractivity contribution in [3.63, 3.8) is 0 Å². The monoisotopic (exact) mass is 339 g/mol. The van der Waals surface area contributed by atoms with E-state index in [1.54, 1.807) is 54.6 Å². The second kappa shape index (κ2) is 6.81. The third kappa shape index (κ3) is 4.75. The number of hydrogen-bond acceptors (Lipinski definition) is 4. The summed E-state index contributed by atoms with van der Waals surface area (Å²) in [5.74, 6) is -0.356. The van der Waals surface area contributed by atoms with Gasteiger partial charge in [-0.15, -0.1) is 0 Å². The van der Waals surface area contributed by atoms with Crippen LogP contribution in [0.15, 0.2) is 54.6 Å². The molecular weight excluding hydrogens is 326 g/mol. The molecule has 0 aliphatic carbocycles. The number of nitrogens with one attached hydrogen (secondary N) is 1. The van der Waals surface area contributed by atoms with Crippen LogP contribution >= 0.6 is 11.6 Å². The van der Waals surface area contributed by atoms with Crippen LogP contribution in [0.2, 0.25) is 5.02 Å². The maximum Gasteiger partial charge on any atom is 0.279 e. The molecule has 1 atom stereocenters. The summed E-state index contributed by atoms with van der Waals surface area (Å²) in [5.41, 5.74) is 0.540. The molecule has 22 heavy (non-hydrogen) atoms. The molecule has 0 radical (unpaired) electrons. The number of halogens is 1. The molecule has 0 heterocycles. The third-order valence-corrected chi connectivity index (χ3v) is 3.52. The predicted octanol–water partition coefficient (Wildman–Crippen LogP) is 2.54. The number of carbonyl (C=O) groups excluding carboxylic acids is 1. The van der Waals surface area contributed by atoms with Crippen LogP contribution in [0.1, 0.15) is 11.7 Å². The van der Waals surface area contributed by atoms with Gasteiger partial charge in [0.25, 0.3) is 5.91 Å². The molecule has 2 aromatic carbocycles. The molecule has 2 rings (SSSR count). The van der Waals surface area contributed by atoms with Gasteiger partial charge in [0.1, 0.15) is 5.75 Å². The van der Waals surface area contributed by atoms with E-state index < -0.39 is 22.0 Å². The number of carbonyl (C=O) groups is 1. The highest BCUT2D eigenvalue weighted by Crippen LogP contribution is 2.24. The Labute approximate surface area is 133 Å². The van der Waals surface area contributed by atoms with E-state index in [0.717, 1.165) is 6.26 Å². The Morgan fingerprint density at radius 2 is 1.68 bits per heavy atom. The first-order valence-electron chi connectivity index (χ1n) is 6.34. The standard InChI is InChI=1S/C15H14ClNO4S/c1-22(19,20)17-15(18)14(11-5-3-2-4-6-11)21-13-9-7-12(16)8-10-13/h2-10,14H,1H3,(H,17,18). The highest BCUT2D eigenvalue weighted by atomic mass is 35.5. The van der Waals surface area contributed by atoms with E-state index in [1.807, 2.05) is 4.72 Å². The van der Waals surface area contributed by atoms with Crippen LogP contribution in [-0.4, -0.2) is 20.6 Å². The van der Waals surface area contributed by atoms with Gasteiger partial charge in [0.15, 0.2) is 0 Å². The Morgan fingerprint density at radius 1 is 1.09 bits per heavy atom. The first-order valence-corrected chi connectivity index (χ1v) is 8.61. The fraction of sp³-hybridized carbons (Fsp3) is 0.133. The maximum absolute atomic E-state index is 12.2. The molecule has 7 heteroatoms. The SMILES string of the molecule is CS(=O)(=O)NC(=O)C(Oc1ccc(Cl)cc1)c1ccccc1. The summed E-state index contributed by atoms with van der Waals surface area (Å²) in [5, 5.41) is 0.532. The number of hydrogen-bond donors (Lipinski definition) is 1. The fourth-order valence-corrected chi connectivity index (χ4v) is 2.38. The van der Waals surface area contributed by atoms with Crippen LogP contribution in [0.3, 0.4) is 0 Å². The van der Waals surface area contributed by atoms with Crippen LogP contribution in [0.25, 0.3) is 0 Å². The molecule has 0 saturated heterocycles. The molecule has 0 fully saturated rings. The summed E-state index contributed by atoms with van der Waals surface area (Å²) in [6, 6.07) is 15.1. The molecule has 1 amide bonds. The van der Waals surface area contributed by atoms with Crippen molar-refractivity contribution >= 4 is 27.5 Å². The second-order valence-corrected chi connectivity index (χ2v) is 6.79. The first-order chi connectivity index (χ1) is 10.3. The molecule has 0 saturated carbocycles. The lowest BCUT2D eigenvalue weighted by atomic mass is 10.1. The minimum atomic E-state index is -3.68. The van der Waals surface area contributed by atoms with Crippen molar-refractivity contribution in [1.29, 1.82) is 0 Å². The smallest absolute Gasteiger partial charge is 0.279 e. The van der Waals surface area contributed by atoms with Crippen molar-refractivity contribution in [3.8, 4) is 5.75 Å². The lowest BCUT2D eigenvalue weighted by Gasteiger charge is -2.18. The van der Waals surface area contributed by atoms with Gasteiger partial charge in [-0.05, 0) is 24.3 Å². The normalized spacial score (nSPS) is 12.5. The van der Waals surface area contributed by atoms with Crippen LogP contribution in [0.5, 0.6) is 5.75 Å². The van der Waals surface area contributed by atoms with Gasteiger partial charge in [-0.3, -0.25) is 4.79 Å². The predicted molar refractivity (Wildman–Crippen MR) is 84.2 cm³/mol. The first kappa shape index (κ1) is 16.3. The van der Waals surface area contributed by atoms with Crippen molar-refractivity contribution in [3.05, 3.63) is 65.2 Å². The minimum absolute atomic E-state index is 0.405. The van der Waals surface area contributed by atoms with E-state index in [-0.39, 0.29) is 0 Å². The summed E-state index contributed by atoms with van der Waals surface area (Å²) in [7, 11) is -3.68. The van der Waals surface area contributed by atoms with Crippen molar-refractivity contribution < 1.29 is 17.9 Å². The Morgan fingerprint density at radius 3 is 2.23 bits per heavy atom. The second-order valence-electron chi connectivity index (χ2n) is 4.60. The Hall–Kier alpha value is -2.05. The average molecular weight is 340 g/mol. The zero-order valence-electron chi connectivity index (χ0n) is 11.7. The molecule has 0 bridgehead atoms. The highest BCUT2D eigenvalue weighted by Gasteiger charge is 2.25. The van der Waals surface area contributed by atoms with Gasteiger partial charge in [-0.1, -0.05) is 41.9 Å². The van der Waals surface area contributed by atoms with E-state index in [0.29, 0.717) is 16.3 Å². The zero-order valence-corrected chi connectivity index (χ0v) is 13.3. The van der Waals surface area contributed by atoms with Crippen LogP contribution < -0.4 is 9.46 Å². The Balaban J connectivity index is 2.29. The summed E-state index contributed by atoms with van der Waals surface area (Å²) >= 11 is 5.80. The van der Waals surface area contributed by atoms with Crippen molar-refractivity contribution in [2.45, 2.75) is 6.10 Å². The average Bonchev–Trinajstić information content (AvgIpc) is 2.45. The zero-order chi connectivity index (χ0) is 16.2. The number of rotatable bonds is 5. The van der Waals surface area contributed by atoms with Crippen molar-refractivity contribution in [1.82, 2.24) is 4.72 Å². The molecule has 2 aromatic rings. The van der Waals surface area contributed by atoms with Gasteiger partial charge in [0.2, 0.25) is 16.1 Å². The van der Waals surface area contributed by atoms with E-state index in [9.17, 15) is 13.2 Å². The number of benzene rings is 2. The number of ether oxygens (including phenoxy) is 1. The largest absolute Gasteiger partial charge is 0.476 e. The van der Waals surface area contributed by atoms with Gasteiger partial charge >= 0.3 is 0 Å². The summed E-state index contributed by atoms with van der Waals surface area (Å²) < 4.78 is 30.1. The molecule has 0 aromatic heterocycles. The van der Waals surface area contributed by atoms with Gasteiger partial charge < -0.3 is 4.74 Å². The summed E-state index contributed by atoms with van der Waals surface area (Å²) in [6.45, 7) is 0. The lowest BCUT2D eigenvalue weighted by Crippen LogP contribution is -2.36. The molecule has 0 spiro atoms. The summed E-state index contributed by atoms with van der Waals surface area (Å²) in [4.78, 5) is 12.2. The van der Waals surface area contributed by atoms with Crippen molar-refractivity contribution in [2.24, 2.45) is 0 Å². The van der Waals surface area contributed by atoms with E-state index >= 15 is 0 Å². The third-order valence-electron chi connectivity index (χ3n) is 2.69. The molecule has 1 N–H and O–H groups in total. The van der Waals surface area contributed by atoms with Gasteiger partial charge in [-0.2, -0.15) is 0 Å². The quantitative estimate of drug-likeness (QED) is 0.908. The molecule has 1 unspecified atom stereocenters. The maximum atomic E-state index is 12.2. The molecule has 0 aliphatic heterocycles. The molecule has 116 valence electrons. The van der Waals surface area contributed by atoms with Gasteiger partial charge in [0.05, 0.1) is 6.26 Å². The summed E-state index contributed by atoms with van der Waals surface area (Å²) in [6.07, 6.45) is -0.174. The highest BCUT2D eigenvalue weighted by molar-refractivity contribution is 7.89. The van der Waals surface area contributed by atoms with Crippen LogP contribution in [0.4, 0.5) is 0 Å². The minimum Gasteiger partial charge on any atom is -0.476 e. The van der Waals surface area contributed by atoms with E-state index in [1.165, 1.54) is 0 Å². The topological polar surface area (TPSA) is 72.5 Å². The lowest BCUT2D eigenvalue weighted by molar-refractivity contribution is -0.126. The molecule has 0 aliphatic rings. The fourth-order valence-electron chi connectivity index (χ4n) is 1.79. The number of amides is 1. The van der Waals surface area contributed by atoms with E-state index in [2.05, 4.69) is 0 Å².